The Morgan fingerprint density at radius 3 is 2.47 bits per heavy atom. The SMILES string of the molecule is Cc1oc2c(C)c3oc(=O)c(CCC(=O)NCCc4ccsc4)c(C)c3cc2c1C. The number of carbonyl (C=O) groups excluding carboxylic acids is 1. The standard InChI is InChI=1S/C24H25NO4S/c1-13-16(4)28-22-15(3)23-20(11-19(13)22)14(2)18(24(27)29-23)5-6-21(26)25-9-7-17-8-10-30-12-17/h8,10-12H,5-7,9H2,1-4H3,(H,25,26). The van der Waals surface area contributed by atoms with Crippen LogP contribution < -0.4 is 10.9 Å². The molecule has 0 aliphatic rings. The van der Waals surface area contributed by atoms with Crippen LogP contribution in [0.5, 0.6) is 0 Å². The van der Waals surface area contributed by atoms with Gasteiger partial charge in [0.2, 0.25) is 5.91 Å². The third-order valence-electron chi connectivity index (χ3n) is 5.86. The highest BCUT2D eigenvalue weighted by atomic mass is 32.1. The lowest BCUT2D eigenvalue weighted by Gasteiger charge is -2.10. The van der Waals surface area contributed by atoms with Crippen LogP contribution in [0.3, 0.4) is 0 Å². The zero-order chi connectivity index (χ0) is 21.4. The highest BCUT2D eigenvalue weighted by Crippen LogP contribution is 2.34. The maximum atomic E-state index is 12.7. The van der Waals surface area contributed by atoms with E-state index in [1.807, 2.05) is 39.1 Å². The summed E-state index contributed by atoms with van der Waals surface area (Å²) in [6, 6.07) is 4.09. The Bertz CT molecular complexity index is 1290. The Hall–Kier alpha value is -2.86. The third-order valence-corrected chi connectivity index (χ3v) is 6.59. The number of carbonyl (C=O) groups is 1. The minimum Gasteiger partial charge on any atom is -0.461 e. The maximum absolute atomic E-state index is 12.7. The average molecular weight is 424 g/mol. The van der Waals surface area contributed by atoms with E-state index in [1.165, 1.54) is 5.56 Å². The molecule has 6 heteroatoms. The minimum absolute atomic E-state index is 0.0583. The average Bonchev–Trinajstić information content (AvgIpc) is 3.32. The van der Waals surface area contributed by atoms with Crippen LogP contribution in [-0.2, 0) is 17.6 Å². The number of amides is 1. The molecule has 0 atom stereocenters. The van der Waals surface area contributed by atoms with Crippen LogP contribution in [0.4, 0.5) is 0 Å². The van der Waals surface area contributed by atoms with Crippen molar-refractivity contribution < 1.29 is 13.6 Å². The van der Waals surface area contributed by atoms with E-state index in [-0.39, 0.29) is 18.0 Å². The predicted molar refractivity (Wildman–Crippen MR) is 121 cm³/mol. The Balaban J connectivity index is 1.56. The molecular formula is C24H25NO4S. The van der Waals surface area contributed by atoms with Crippen molar-refractivity contribution in [2.75, 3.05) is 6.54 Å². The van der Waals surface area contributed by atoms with Crippen LogP contribution in [0.25, 0.3) is 21.9 Å². The molecule has 30 heavy (non-hydrogen) atoms. The lowest BCUT2D eigenvalue weighted by atomic mass is 9.98. The van der Waals surface area contributed by atoms with Gasteiger partial charge in [-0.1, -0.05) is 0 Å². The van der Waals surface area contributed by atoms with Gasteiger partial charge in [-0.25, -0.2) is 4.79 Å². The van der Waals surface area contributed by atoms with Crippen molar-refractivity contribution in [3.8, 4) is 0 Å². The molecule has 3 aromatic heterocycles. The molecule has 1 amide bonds. The fraction of sp³-hybridized carbons (Fsp3) is 0.333. The van der Waals surface area contributed by atoms with Gasteiger partial charge in [0.05, 0.1) is 0 Å². The van der Waals surface area contributed by atoms with Crippen molar-refractivity contribution in [3.63, 3.8) is 0 Å². The van der Waals surface area contributed by atoms with Gasteiger partial charge in [-0.3, -0.25) is 4.79 Å². The van der Waals surface area contributed by atoms with Crippen molar-refractivity contribution in [3.05, 3.63) is 66.9 Å². The second kappa shape index (κ2) is 8.11. The van der Waals surface area contributed by atoms with Crippen LogP contribution in [0.1, 0.15) is 40.0 Å². The van der Waals surface area contributed by atoms with Crippen molar-refractivity contribution >= 4 is 39.2 Å². The van der Waals surface area contributed by atoms with Gasteiger partial charge in [0, 0.05) is 34.9 Å². The van der Waals surface area contributed by atoms with Crippen molar-refractivity contribution in [1.82, 2.24) is 5.32 Å². The lowest BCUT2D eigenvalue weighted by molar-refractivity contribution is -0.121. The molecule has 0 saturated carbocycles. The highest BCUT2D eigenvalue weighted by Gasteiger charge is 2.19. The molecule has 0 fully saturated rings. The summed E-state index contributed by atoms with van der Waals surface area (Å²) in [4.78, 5) is 24.9. The zero-order valence-corrected chi connectivity index (χ0v) is 18.5. The number of fused-ring (bicyclic) bond motifs is 2. The topological polar surface area (TPSA) is 72.5 Å². The molecule has 0 saturated heterocycles. The summed E-state index contributed by atoms with van der Waals surface area (Å²) in [5.41, 5.74) is 5.51. The molecule has 3 heterocycles. The normalized spacial score (nSPS) is 11.5. The fourth-order valence-electron chi connectivity index (χ4n) is 3.89. The largest absolute Gasteiger partial charge is 0.461 e. The first-order valence-corrected chi connectivity index (χ1v) is 11.0. The maximum Gasteiger partial charge on any atom is 0.339 e. The van der Waals surface area contributed by atoms with Gasteiger partial charge < -0.3 is 14.2 Å². The van der Waals surface area contributed by atoms with Crippen molar-refractivity contribution in [1.29, 1.82) is 0 Å². The van der Waals surface area contributed by atoms with Gasteiger partial charge in [0.25, 0.3) is 0 Å². The molecule has 5 nitrogen and oxygen atoms in total. The number of rotatable bonds is 6. The summed E-state index contributed by atoms with van der Waals surface area (Å²) in [7, 11) is 0. The van der Waals surface area contributed by atoms with Crippen molar-refractivity contribution in [2.24, 2.45) is 0 Å². The summed E-state index contributed by atoms with van der Waals surface area (Å²) in [5.74, 6) is 0.805. The molecule has 1 N–H and O–H groups in total. The molecule has 0 aliphatic carbocycles. The summed E-state index contributed by atoms with van der Waals surface area (Å²) in [6.07, 6.45) is 1.42. The number of hydrogen-bond acceptors (Lipinski definition) is 5. The summed E-state index contributed by atoms with van der Waals surface area (Å²) in [5, 5.41) is 8.97. The lowest BCUT2D eigenvalue weighted by Crippen LogP contribution is -2.26. The fourth-order valence-corrected chi connectivity index (χ4v) is 4.59. The molecule has 0 bridgehead atoms. The van der Waals surface area contributed by atoms with E-state index in [1.54, 1.807) is 11.3 Å². The molecule has 0 unspecified atom stereocenters. The van der Waals surface area contributed by atoms with Crippen LogP contribution in [0, 0.1) is 27.7 Å². The molecule has 4 aromatic rings. The number of thiophene rings is 1. The molecular weight excluding hydrogens is 398 g/mol. The monoisotopic (exact) mass is 423 g/mol. The van der Waals surface area contributed by atoms with Crippen LogP contribution in [0.2, 0.25) is 0 Å². The number of aryl methyl sites for hydroxylation is 4. The van der Waals surface area contributed by atoms with Crippen LogP contribution in [0.15, 0.2) is 36.5 Å². The summed E-state index contributed by atoms with van der Waals surface area (Å²) >= 11 is 1.65. The van der Waals surface area contributed by atoms with E-state index in [0.29, 0.717) is 24.1 Å². The minimum atomic E-state index is -0.381. The Labute approximate surface area is 178 Å². The van der Waals surface area contributed by atoms with Crippen LogP contribution >= 0.6 is 11.3 Å². The quantitative estimate of drug-likeness (QED) is 0.437. The van der Waals surface area contributed by atoms with Gasteiger partial charge in [0.1, 0.15) is 16.9 Å². The predicted octanol–water partition coefficient (Wildman–Crippen LogP) is 5.13. The van der Waals surface area contributed by atoms with Gasteiger partial charge in [0.15, 0.2) is 0 Å². The third kappa shape index (κ3) is 3.67. The van der Waals surface area contributed by atoms with E-state index in [9.17, 15) is 9.59 Å². The number of hydrogen-bond donors (Lipinski definition) is 1. The number of benzene rings is 1. The molecule has 4 rings (SSSR count). The Kier molecular flexibility index (Phi) is 5.52. The molecule has 0 radical (unpaired) electrons. The van der Waals surface area contributed by atoms with E-state index in [0.717, 1.165) is 45.2 Å². The molecule has 156 valence electrons. The summed E-state index contributed by atoms with van der Waals surface area (Å²) < 4.78 is 11.6. The van der Waals surface area contributed by atoms with Gasteiger partial charge in [-0.05, 0) is 80.1 Å². The smallest absolute Gasteiger partial charge is 0.339 e. The summed E-state index contributed by atoms with van der Waals surface area (Å²) in [6.45, 7) is 8.40. The zero-order valence-electron chi connectivity index (χ0n) is 17.7. The first-order valence-electron chi connectivity index (χ1n) is 10.1. The van der Waals surface area contributed by atoms with Gasteiger partial charge in [-0.15, -0.1) is 0 Å². The number of furan rings is 1. The second-order valence-corrected chi connectivity index (χ2v) is 8.54. The van der Waals surface area contributed by atoms with Gasteiger partial charge >= 0.3 is 5.63 Å². The first-order chi connectivity index (χ1) is 14.4. The first kappa shape index (κ1) is 20.4. The Morgan fingerprint density at radius 2 is 1.73 bits per heavy atom. The highest BCUT2D eigenvalue weighted by molar-refractivity contribution is 7.07. The van der Waals surface area contributed by atoms with E-state index < -0.39 is 0 Å². The number of nitrogens with one attached hydrogen (secondary N) is 1. The molecule has 0 aliphatic heterocycles. The molecule has 1 aromatic carbocycles. The van der Waals surface area contributed by atoms with Crippen molar-refractivity contribution in [2.45, 2.75) is 47.0 Å². The van der Waals surface area contributed by atoms with Gasteiger partial charge in [-0.2, -0.15) is 11.3 Å². The van der Waals surface area contributed by atoms with E-state index in [2.05, 4.69) is 16.8 Å². The Morgan fingerprint density at radius 1 is 1.00 bits per heavy atom. The van der Waals surface area contributed by atoms with Crippen LogP contribution in [-0.4, -0.2) is 12.5 Å². The second-order valence-electron chi connectivity index (χ2n) is 7.76. The molecule has 0 spiro atoms. The van der Waals surface area contributed by atoms with E-state index in [4.69, 9.17) is 8.83 Å². The van der Waals surface area contributed by atoms with E-state index >= 15 is 0 Å².